The summed E-state index contributed by atoms with van der Waals surface area (Å²) in [5, 5.41) is 0. The van der Waals surface area contributed by atoms with Crippen molar-refractivity contribution in [2.45, 2.75) is 39.5 Å². The molecule has 0 unspecified atom stereocenters. The second-order valence-electron chi connectivity index (χ2n) is 4.69. The molecule has 0 saturated carbocycles. The van der Waals surface area contributed by atoms with Crippen molar-refractivity contribution in [2.75, 3.05) is 0 Å². The minimum absolute atomic E-state index is 0.0308. The van der Waals surface area contributed by atoms with Gasteiger partial charge in [-0.1, -0.05) is 25.1 Å². The fraction of sp³-hybridized carbons (Fsp3) is 0.400. The molecule has 102 valence electrons. The smallest absolute Gasteiger partial charge is 0.130 e. The number of hydrogen-bond acceptors (Lipinski definition) is 3. The van der Waals surface area contributed by atoms with Crippen molar-refractivity contribution >= 4 is 0 Å². The third-order valence-corrected chi connectivity index (χ3v) is 3.05. The molecule has 2 rings (SSSR count). The molecule has 0 fully saturated rings. The van der Waals surface area contributed by atoms with E-state index in [-0.39, 0.29) is 6.04 Å². The molecule has 0 saturated heterocycles. The topological polar surface area (TPSA) is 53.1 Å². The monoisotopic (exact) mass is 259 g/mol. The van der Waals surface area contributed by atoms with Gasteiger partial charge in [-0.25, -0.2) is 4.98 Å². The van der Waals surface area contributed by atoms with Crippen LogP contribution in [-0.2, 0) is 13.2 Å². The van der Waals surface area contributed by atoms with Gasteiger partial charge < -0.3 is 15.0 Å². The Hall–Kier alpha value is -1.81. The summed E-state index contributed by atoms with van der Waals surface area (Å²) in [7, 11) is 0. The summed E-state index contributed by atoms with van der Waals surface area (Å²) < 4.78 is 8.01. The summed E-state index contributed by atoms with van der Waals surface area (Å²) in [6.45, 7) is 5.59. The standard InChI is InChI=1S/C15H21N3O/c1-3-8-18-11-17-9-13(18)10-19-15-7-5-4-6-14(15)12(2)16/h4-7,9,11-12H,3,8,10,16H2,1-2H3/t12-/m0/s1. The summed E-state index contributed by atoms with van der Waals surface area (Å²) in [6.07, 6.45) is 4.78. The minimum Gasteiger partial charge on any atom is -0.487 e. The van der Waals surface area contributed by atoms with Crippen LogP contribution in [0.4, 0.5) is 0 Å². The zero-order chi connectivity index (χ0) is 13.7. The maximum Gasteiger partial charge on any atom is 0.130 e. The Labute approximate surface area is 114 Å². The van der Waals surface area contributed by atoms with E-state index < -0.39 is 0 Å². The van der Waals surface area contributed by atoms with Crippen LogP contribution in [0.5, 0.6) is 5.75 Å². The molecule has 4 nitrogen and oxygen atoms in total. The van der Waals surface area contributed by atoms with E-state index >= 15 is 0 Å². The lowest BCUT2D eigenvalue weighted by Gasteiger charge is -2.14. The Morgan fingerprint density at radius 2 is 2.16 bits per heavy atom. The van der Waals surface area contributed by atoms with Crippen LogP contribution in [0.2, 0.25) is 0 Å². The molecular formula is C15H21N3O. The number of benzene rings is 1. The van der Waals surface area contributed by atoms with Gasteiger partial charge in [-0.05, 0) is 19.4 Å². The highest BCUT2D eigenvalue weighted by Crippen LogP contribution is 2.24. The lowest BCUT2D eigenvalue weighted by atomic mass is 10.1. The first-order chi connectivity index (χ1) is 9.22. The van der Waals surface area contributed by atoms with E-state index in [2.05, 4.69) is 16.5 Å². The average molecular weight is 259 g/mol. The summed E-state index contributed by atoms with van der Waals surface area (Å²) in [6, 6.07) is 7.87. The maximum absolute atomic E-state index is 5.94. The van der Waals surface area contributed by atoms with Crippen molar-refractivity contribution in [1.29, 1.82) is 0 Å². The predicted octanol–water partition coefficient (Wildman–Crippen LogP) is 2.89. The van der Waals surface area contributed by atoms with Gasteiger partial charge in [-0.2, -0.15) is 0 Å². The predicted molar refractivity (Wildman–Crippen MR) is 75.9 cm³/mol. The number of aromatic nitrogens is 2. The highest BCUT2D eigenvalue weighted by molar-refractivity contribution is 5.35. The summed E-state index contributed by atoms with van der Waals surface area (Å²) in [4.78, 5) is 4.17. The van der Waals surface area contributed by atoms with E-state index in [1.807, 2.05) is 43.7 Å². The van der Waals surface area contributed by atoms with Crippen LogP contribution in [0.3, 0.4) is 0 Å². The van der Waals surface area contributed by atoms with Gasteiger partial charge in [-0.15, -0.1) is 0 Å². The average Bonchev–Trinajstić information content (AvgIpc) is 2.84. The number of ether oxygens (including phenoxy) is 1. The van der Waals surface area contributed by atoms with Crippen LogP contribution in [0.1, 0.15) is 37.6 Å². The molecule has 0 bridgehead atoms. The molecule has 0 aliphatic heterocycles. The van der Waals surface area contributed by atoms with Crippen molar-refractivity contribution < 1.29 is 4.74 Å². The maximum atomic E-state index is 5.94. The highest BCUT2D eigenvalue weighted by atomic mass is 16.5. The Morgan fingerprint density at radius 1 is 1.37 bits per heavy atom. The van der Waals surface area contributed by atoms with Gasteiger partial charge in [0, 0.05) is 18.2 Å². The van der Waals surface area contributed by atoms with Crippen molar-refractivity contribution in [2.24, 2.45) is 5.73 Å². The van der Waals surface area contributed by atoms with Gasteiger partial charge in [0.15, 0.2) is 0 Å². The molecule has 0 aliphatic rings. The molecule has 0 spiro atoms. The Balaban J connectivity index is 2.08. The van der Waals surface area contributed by atoms with Crippen molar-refractivity contribution in [3.63, 3.8) is 0 Å². The second kappa shape index (κ2) is 6.38. The number of nitrogens with two attached hydrogens (primary N) is 1. The van der Waals surface area contributed by atoms with Crippen LogP contribution in [0, 0.1) is 0 Å². The summed E-state index contributed by atoms with van der Waals surface area (Å²) >= 11 is 0. The lowest BCUT2D eigenvalue weighted by Crippen LogP contribution is -2.09. The van der Waals surface area contributed by atoms with E-state index in [4.69, 9.17) is 10.5 Å². The number of rotatable bonds is 6. The molecule has 19 heavy (non-hydrogen) atoms. The lowest BCUT2D eigenvalue weighted by molar-refractivity contribution is 0.290. The molecule has 2 N–H and O–H groups in total. The molecule has 1 aromatic carbocycles. The Bertz CT molecular complexity index is 520. The van der Waals surface area contributed by atoms with Gasteiger partial charge in [-0.3, -0.25) is 0 Å². The molecular weight excluding hydrogens is 238 g/mol. The van der Waals surface area contributed by atoms with Gasteiger partial charge in [0.25, 0.3) is 0 Å². The van der Waals surface area contributed by atoms with Crippen molar-refractivity contribution in [3.05, 3.63) is 48.0 Å². The van der Waals surface area contributed by atoms with E-state index in [9.17, 15) is 0 Å². The van der Waals surface area contributed by atoms with Gasteiger partial charge >= 0.3 is 0 Å². The molecule has 0 amide bonds. The number of para-hydroxylation sites is 1. The molecule has 2 aromatic rings. The summed E-state index contributed by atoms with van der Waals surface area (Å²) in [5.74, 6) is 0.849. The second-order valence-corrected chi connectivity index (χ2v) is 4.69. The molecule has 0 radical (unpaired) electrons. The van der Waals surface area contributed by atoms with Crippen molar-refractivity contribution in [1.82, 2.24) is 9.55 Å². The van der Waals surface area contributed by atoms with Gasteiger partial charge in [0.1, 0.15) is 12.4 Å². The Morgan fingerprint density at radius 3 is 2.89 bits per heavy atom. The fourth-order valence-corrected chi connectivity index (χ4v) is 2.05. The van der Waals surface area contributed by atoms with Gasteiger partial charge in [0.2, 0.25) is 0 Å². The van der Waals surface area contributed by atoms with E-state index in [1.165, 1.54) is 0 Å². The molecule has 1 aromatic heterocycles. The van der Waals surface area contributed by atoms with Crippen LogP contribution >= 0.6 is 0 Å². The van der Waals surface area contributed by atoms with Gasteiger partial charge in [0.05, 0.1) is 18.2 Å². The van der Waals surface area contributed by atoms with E-state index in [1.54, 1.807) is 0 Å². The first-order valence-electron chi connectivity index (χ1n) is 6.68. The molecule has 1 heterocycles. The minimum atomic E-state index is -0.0308. The zero-order valence-electron chi connectivity index (χ0n) is 11.5. The third-order valence-electron chi connectivity index (χ3n) is 3.05. The highest BCUT2D eigenvalue weighted by Gasteiger charge is 2.08. The first kappa shape index (κ1) is 13.6. The molecule has 4 heteroatoms. The number of imidazole rings is 1. The quantitative estimate of drug-likeness (QED) is 0.867. The van der Waals surface area contributed by atoms with Crippen molar-refractivity contribution in [3.8, 4) is 5.75 Å². The number of aryl methyl sites for hydroxylation is 1. The van der Waals surface area contributed by atoms with Crippen LogP contribution < -0.4 is 10.5 Å². The number of hydrogen-bond donors (Lipinski definition) is 1. The third kappa shape index (κ3) is 3.35. The largest absolute Gasteiger partial charge is 0.487 e. The van der Waals surface area contributed by atoms with Crippen LogP contribution in [-0.4, -0.2) is 9.55 Å². The first-order valence-corrected chi connectivity index (χ1v) is 6.68. The van der Waals surface area contributed by atoms with Crippen LogP contribution in [0.15, 0.2) is 36.8 Å². The van der Waals surface area contributed by atoms with Crippen LogP contribution in [0.25, 0.3) is 0 Å². The number of nitrogens with zero attached hydrogens (tertiary/aromatic N) is 2. The normalized spacial score (nSPS) is 12.4. The Kier molecular flexibility index (Phi) is 4.58. The fourth-order valence-electron chi connectivity index (χ4n) is 2.05. The molecule has 1 atom stereocenters. The molecule has 0 aliphatic carbocycles. The zero-order valence-corrected chi connectivity index (χ0v) is 11.5. The van der Waals surface area contributed by atoms with E-state index in [0.717, 1.165) is 30.0 Å². The SMILES string of the molecule is CCCn1cncc1COc1ccccc1[C@H](C)N. The summed E-state index contributed by atoms with van der Waals surface area (Å²) in [5.41, 5.74) is 8.06. The van der Waals surface area contributed by atoms with E-state index in [0.29, 0.717) is 6.61 Å².